The maximum Gasteiger partial charge on any atom is 0.303 e. The third-order valence-electron chi connectivity index (χ3n) is 2.66. The highest BCUT2D eigenvalue weighted by molar-refractivity contribution is 5.79. The maximum absolute atomic E-state index is 11.3. The van der Waals surface area contributed by atoms with Crippen molar-refractivity contribution in [3.63, 3.8) is 0 Å². The Labute approximate surface area is 106 Å². The van der Waals surface area contributed by atoms with Gasteiger partial charge in [-0.15, -0.1) is 0 Å². The summed E-state index contributed by atoms with van der Waals surface area (Å²) in [5.74, 6) is -0.990. The van der Waals surface area contributed by atoms with Crippen molar-refractivity contribution >= 4 is 17.8 Å². The number of unbranched alkanes of at least 4 members (excludes halogenated alkanes) is 1. The molecule has 1 saturated carbocycles. The van der Waals surface area contributed by atoms with Gasteiger partial charge in [0.2, 0.25) is 11.8 Å². The second-order valence-corrected chi connectivity index (χ2v) is 4.54. The van der Waals surface area contributed by atoms with E-state index in [9.17, 15) is 14.4 Å². The van der Waals surface area contributed by atoms with Gasteiger partial charge in [-0.25, -0.2) is 0 Å². The average molecular weight is 256 g/mol. The maximum atomic E-state index is 11.3. The standard InChI is InChI=1S/C12H20N2O4/c15-10(3-1-2-4-12(17)18)13-8-7-11(16)14-9-5-6-9/h9H,1-8H2,(H,13,15)(H,14,16)(H,17,18). The number of hydrogen-bond donors (Lipinski definition) is 3. The van der Waals surface area contributed by atoms with Crippen LogP contribution in [0.5, 0.6) is 0 Å². The molecule has 0 aromatic carbocycles. The third kappa shape index (κ3) is 7.65. The van der Waals surface area contributed by atoms with Crippen LogP contribution >= 0.6 is 0 Å². The van der Waals surface area contributed by atoms with E-state index in [-0.39, 0.29) is 18.2 Å². The zero-order chi connectivity index (χ0) is 13.4. The third-order valence-corrected chi connectivity index (χ3v) is 2.66. The Morgan fingerprint density at radius 2 is 1.67 bits per heavy atom. The lowest BCUT2D eigenvalue weighted by Gasteiger charge is -2.05. The van der Waals surface area contributed by atoms with Crippen LogP contribution < -0.4 is 10.6 Å². The Hall–Kier alpha value is -1.59. The van der Waals surface area contributed by atoms with E-state index in [1.54, 1.807) is 0 Å². The first-order valence-electron chi connectivity index (χ1n) is 6.36. The molecule has 1 rings (SSSR count). The molecule has 0 radical (unpaired) electrons. The second kappa shape index (κ2) is 7.68. The lowest BCUT2D eigenvalue weighted by Crippen LogP contribution is -2.31. The molecule has 6 heteroatoms. The summed E-state index contributed by atoms with van der Waals surface area (Å²) >= 11 is 0. The molecule has 102 valence electrons. The largest absolute Gasteiger partial charge is 0.481 e. The number of nitrogens with one attached hydrogen (secondary N) is 2. The van der Waals surface area contributed by atoms with E-state index in [0.717, 1.165) is 12.8 Å². The van der Waals surface area contributed by atoms with Gasteiger partial charge in [-0.3, -0.25) is 14.4 Å². The van der Waals surface area contributed by atoms with Gasteiger partial charge < -0.3 is 15.7 Å². The van der Waals surface area contributed by atoms with Crippen molar-refractivity contribution in [3.05, 3.63) is 0 Å². The van der Waals surface area contributed by atoms with Crippen LogP contribution in [-0.4, -0.2) is 35.5 Å². The van der Waals surface area contributed by atoms with E-state index < -0.39 is 5.97 Å². The van der Waals surface area contributed by atoms with Crippen molar-refractivity contribution in [2.75, 3.05) is 6.54 Å². The number of amides is 2. The predicted molar refractivity (Wildman–Crippen MR) is 64.9 cm³/mol. The lowest BCUT2D eigenvalue weighted by molar-refractivity contribution is -0.137. The molecule has 2 amide bonds. The number of carbonyl (C=O) groups excluding carboxylic acids is 2. The molecule has 0 aromatic rings. The summed E-state index contributed by atoms with van der Waals surface area (Å²) in [6.07, 6.45) is 3.90. The smallest absolute Gasteiger partial charge is 0.303 e. The van der Waals surface area contributed by atoms with Gasteiger partial charge in [0, 0.05) is 31.8 Å². The molecule has 3 N–H and O–H groups in total. The monoisotopic (exact) mass is 256 g/mol. The van der Waals surface area contributed by atoms with Gasteiger partial charge in [0.15, 0.2) is 0 Å². The highest BCUT2D eigenvalue weighted by Crippen LogP contribution is 2.18. The summed E-state index contributed by atoms with van der Waals surface area (Å²) in [5.41, 5.74) is 0. The number of hydrogen-bond acceptors (Lipinski definition) is 3. The molecule has 0 aromatic heterocycles. The van der Waals surface area contributed by atoms with E-state index in [2.05, 4.69) is 10.6 Å². The highest BCUT2D eigenvalue weighted by Gasteiger charge is 2.22. The molecule has 0 saturated heterocycles. The first-order chi connectivity index (χ1) is 8.58. The van der Waals surface area contributed by atoms with Crippen LogP contribution in [0.4, 0.5) is 0 Å². The minimum absolute atomic E-state index is 0.0244. The molecular formula is C12H20N2O4. The Morgan fingerprint density at radius 3 is 2.28 bits per heavy atom. The van der Waals surface area contributed by atoms with Crippen molar-refractivity contribution < 1.29 is 19.5 Å². The summed E-state index contributed by atoms with van der Waals surface area (Å²) in [6.45, 7) is 0.344. The number of rotatable bonds is 9. The number of carboxylic acid groups (broad SMARTS) is 1. The molecule has 6 nitrogen and oxygen atoms in total. The molecule has 0 spiro atoms. The predicted octanol–water partition coefficient (Wildman–Crippen LogP) is 0.416. The van der Waals surface area contributed by atoms with E-state index in [1.165, 1.54) is 0 Å². The van der Waals surface area contributed by atoms with Crippen LogP contribution in [0.3, 0.4) is 0 Å². The van der Waals surface area contributed by atoms with Crippen LogP contribution in [0.2, 0.25) is 0 Å². The summed E-state index contributed by atoms with van der Waals surface area (Å²) in [7, 11) is 0. The molecule has 0 unspecified atom stereocenters. The lowest BCUT2D eigenvalue weighted by atomic mass is 10.2. The van der Waals surface area contributed by atoms with Gasteiger partial charge in [-0.2, -0.15) is 0 Å². The zero-order valence-corrected chi connectivity index (χ0v) is 10.4. The number of carboxylic acids is 1. The van der Waals surface area contributed by atoms with Gasteiger partial charge >= 0.3 is 5.97 Å². The Morgan fingerprint density at radius 1 is 1.00 bits per heavy atom. The molecular weight excluding hydrogens is 236 g/mol. The first kappa shape index (κ1) is 14.5. The van der Waals surface area contributed by atoms with E-state index in [4.69, 9.17) is 5.11 Å². The van der Waals surface area contributed by atoms with Crippen molar-refractivity contribution in [3.8, 4) is 0 Å². The molecule has 0 bridgehead atoms. The quantitative estimate of drug-likeness (QED) is 0.521. The topological polar surface area (TPSA) is 95.5 Å². The van der Waals surface area contributed by atoms with E-state index in [0.29, 0.717) is 38.3 Å². The van der Waals surface area contributed by atoms with Crippen LogP contribution in [0.25, 0.3) is 0 Å². The minimum atomic E-state index is -0.841. The molecule has 18 heavy (non-hydrogen) atoms. The van der Waals surface area contributed by atoms with Gasteiger partial charge in [-0.05, 0) is 25.7 Å². The normalized spacial score (nSPS) is 14.0. The Kier molecular flexibility index (Phi) is 6.18. The van der Waals surface area contributed by atoms with Crippen molar-refractivity contribution in [2.24, 2.45) is 0 Å². The van der Waals surface area contributed by atoms with Gasteiger partial charge in [-0.1, -0.05) is 0 Å². The molecule has 1 aliphatic rings. The van der Waals surface area contributed by atoms with Crippen molar-refractivity contribution in [2.45, 2.75) is 51.0 Å². The fraction of sp³-hybridized carbons (Fsp3) is 0.750. The average Bonchev–Trinajstić information content (AvgIpc) is 3.08. The Balaban J connectivity index is 1.92. The van der Waals surface area contributed by atoms with Crippen molar-refractivity contribution in [1.29, 1.82) is 0 Å². The Bertz CT molecular complexity index is 313. The highest BCUT2D eigenvalue weighted by atomic mass is 16.4. The fourth-order valence-corrected chi connectivity index (χ4v) is 1.49. The summed E-state index contributed by atoms with van der Waals surface area (Å²) in [6, 6.07) is 0.351. The van der Waals surface area contributed by atoms with Crippen LogP contribution in [0.1, 0.15) is 44.9 Å². The number of aliphatic carboxylic acids is 1. The van der Waals surface area contributed by atoms with E-state index >= 15 is 0 Å². The fourth-order valence-electron chi connectivity index (χ4n) is 1.49. The number of carbonyl (C=O) groups is 3. The SMILES string of the molecule is O=C(O)CCCCC(=O)NCCC(=O)NC1CC1. The molecule has 0 atom stereocenters. The van der Waals surface area contributed by atoms with Crippen LogP contribution in [-0.2, 0) is 14.4 Å². The molecule has 1 aliphatic carbocycles. The van der Waals surface area contributed by atoms with Crippen LogP contribution in [0, 0.1) is 0 Å². The molecule has 1 fully saturated rings. The zero-order valence-electron chi connectivity index (χ0n) is 10.4. The van der Waals surface area contributed by atoms with Crippen molar-refractivity contribution in [1.82, 2.24) is 10.6 Å². The van der Waals surface area contributed by atoms with Gasteiger partial charge in [0.1, 0.15) is 0 Å². The van der Waals surface area contributed by atoms with Gasteiger partial charge in [0.05, 0.1) is 0 Å². The van der Waals surface area contributed by atoms with Gasteiger partial charge in [0.25, 0.3) is 0 Å². The summed E-state index contributed by atoms with van der Waals surface area (Å²) in [4.78, 5) is 32.8. The van der Waals surface area contributed by atoms with Crippen LogP contribution in [0.15, 0.2) is 0 Å². The minimum Gasteiger partial charge on any atom is -0.481 e. The molecule has 0 heterocycles. The second-order valence-electron chi connectivity index (χ2n) is 4.54. The summed E-state index contributed by atoms with van der Waals surface area (Å²) < 4.78 is 0. The first-order valence-corrected chi connectivity index (χ1v) is 6.36. The van der Waals surface area contributed by atoms with E-state index in [1.807, 2.05) is 0 Å². The summed E-state index contributed by atoms with van der Waals surface area (Å²) in [5, 5.41) is 13.9. The molecule has 0 aliphatic heterocycles.